The summed E-state index contributed by atoms with van der Waals surface area (Å²) in [5, 5.41) is 0.808. The number of para-hydroxylation sites is 1. The van der Waals surface area contributed by atoms with Gasteiger partial charge >= 0.3 is 11.6 Å². The van der Waals surface area contributed by atoms with E-state index in [1.165, 1.54) is 13.2 Å². The van der Waals surface area contributed by atoms with Crippen molar-refractivity contribution in [2.24, 2.45) is 0 Å². The van der Waals surface area contributed by atoms with Gasteiger partial charge in [0.05, 0.1) is 12.8 Å². The van der Waals surface area contributed by atoms with Gasteiger partial charge in [0.2, 0.25) is 5.91 Å². The summed E-state index contributed by atoms with van der Waals surface area (Å²) in [5.74, 6) is -0.436. The van der Waals surface area contributed by atoms with E-state index in [9.17, 15) is 14.4 Å². The predicted octanol–water partition coefficient (Wildman–Crippen LogP) is 1.93. The third kappa shape index (κ3) is 3.07. The van der Waals surface area contributed by atoms with Crippen molar-refractivity contribution in [2.45, 2.75) is 37.8 Å². The Morgan fingerprint density at radius 1 is 1.11 bits per heavy atom. The number of carbonyl (C=O) groups is 2. The number of esters is 1. The van der Waals surface area contributed by atoms with Crippen LogP contribution in [0.1, 0.15) is 25.7 Å². The number of hydrogen-bond acceptors (Lipinski definition) is 6. The number of ether oxygens (including phenoxy) is 1. The second kappa shape index (κ2) is 7.06. The molecule has 0 bridgehead atoms. The van der Waals surface area contributed by atoms with Crippen LogP contribution in [0.5, 0.6) is 0 Å². The highest BCUT2D eigenvalue weighted by molar-refractivity contribution is 5.95. The minimum atomic E-state index is -0.512. The van der Waals surface area contributed by atoms with Gasteiger partial charge in [0, 0.05) is 24.5 Å². The molecule has 0 unspecified atom stereocenters. The molecular formula is C20H22N2O5. The summed E-state index contributed by atoms with van der Waals surface area (Å²) in [6.45, 7) is 1.24. The van der Waals surface area contributed by atoms with Crippen molar-refractivity contribution < 1.29 is 18.7 Å². The Hall–Kier alpha value is -2.83. The van der Waals surface area contributed by atoms with Crippen molar-refractivity contribution in [3.05, 3.63) is 40.8 Å². The lowest BCUT2D eigenvalue weighted by Crippen LogP contribution is -2.50. The number of carbonyl (C=O) groups excluding carboxylic acids is 2. The SMILES string of the molecule is COC(=O)[C@@H]1CCCN1C(=O)[C@@H]1CCCN1c1cc(=O)oc2ccccc12. The molecule has 0 N–H and O–H groups in total. The third-order valence-corrected chi connectivity index (χ3v) is 5.48. The van der Waals surface area contributed by atoms with Crippen molar-refractivity contribution in [3.63, 3.8) is 0 Å². The van der Waals surface area contributed by atoms with Gasteiger partial charge < -0.3 is 19.0 Å². The first-order valence-electron chi connectivity index (χ1n) is 9.28. The van der Waals surface area contributed by atoms with Gasteiger partial charge in [-0.15, -0.1) is 0 Å². The van der Waals surface area contributed by atoms with Gasteiger partial charge in [0.25, 0.3) is 0 Å². The van der Waals surface area contributed by atoms with E-state index in [0.717, 1.165) is 18.2 Å². The van der Waals surface area contributed by atoms with E-state index in [1.54, 1.807) is 11.0 Å². The molecular weight excluding hydrogens is 348 g/mol. The summed E-state index contributed by atoms with van der Waals surface area (Å²) < 4.78 is 10.1. The van der Waals surface area contributed by atoms with Gasteiger partial charge in [-0.25, -0.2) is 9.59 Å². The van der Waals surface area contributed by atoms with E-state index in [4.69, 9.17) is 9.15 Å². The van der Waals surface area contributed by atoms with Gasteiger partial charge in [0.1, 0.15) is 17.7 Å². The fourth-order valence-electron chi connectivity index (χ4n) is 4.25. The first-order valence-corrected chi connectivity index (χ1v) is 9.28. The number of methoxy groups -OCH3 is 1. The second-order valence-corrected chi connectivity index (χ2v) is 7.01. The molecule has 2 fully saturated rings. The summed E-state index contributed by atoms with van der Waals surface area (Å²) >= 11 is 0. The van der Waals surface area contributed by atoms with E-state index in [1.807, 2.05) is 23.1 Å². The Morgan fingerprint density at radius 2 is 1.85 bits per heavy atom. The standard InChI is InChI=1S/C20H22N2O5/c1-26-20(25)15-8-5-11-22(15)19(24)14-7-4-10-21(14)16-12-18(23)27-17-9-3-2-6-13(16)17/h2-3,6,9,12,14-15H,4-5,7-8,10-11H2,1H3/t14-,15-/m0/s1. The molecule has 2 aromatic rings. The lowest BCUT2D eigenvalue weighted by Gasteiger charge is -2.31. The third-order valence-electron chi connectivity index (χ3n) is 5.48. The molecule has 142 valence electrons. The van der Waals surface area contributed by atoms with E-state index >= 15 is 0 Å². The van der Waals surface area contributed by atoms with Crippen LogP contribution in [0.3, 0.4) is 0 Å². The molecule has 0 saturated carbocycles. The molecule has 0 spiro atoms. The lowest BCUT2D eigenvalue weighted by molar-refractivity contribution is -0.151. The minimum Gasteiger partial charge on any atom is -0.467 e. The lowest BCUT2D eigenvalue weighted by atomic mass is 10.1. The van der Waals surface area contributed by atoms with E-state index < -0.39 is 11.7 Å². The average molecular weight is 370 g/mol. The molecule has 2 aliphatic rings. The molecule has 1 amide bonds. The van der Waals surface area contributed by atoms with Crippen molar-refractivity contribution in [2.75, 3.05) is 25.1 Å². The molecule has 0 radical (unpaired) electrons. The Labute approximate surface area is 156 Å². The van der Waals surface area contributed by atoms with Crippen LogP contribution in [0.15, 0.2) is 39.5 Å². The normalized spacial score (nSPS) is 22.4. The van der Waals surface area contributed by atoms with Crippen LogP contribution in [-0.2, 0) is 14.3 Å². The molecule has 27 heavy (non-hydrogen) atoms. The Morgan fingerprint density at radius 3 is 2.67 bits per heavy atom. The van der Waals surface area contributed by atoms with Crippen LogP contribution in [0.2, 0.25) is 0 Å². The summed E-state index contributed by atoms with van der Waals surface area (Å²) in [4.78, 5) is 40.9. The number of rotatable bonds is 3. The molecule has 3 heterocycles. The molecule has 1 aromatic heterocycles. The Bertz CT molecular complexity index is 937. The number of nitrogens with zero attached hydrogens (tertiary/aromatic N) is 2. The van der Waals surface area contributed by atoms with E-state index in [0.29, 0.717) is 37.2 Å². The van der Waals surface area contributed by atoms with Gasteiger partial charge in [0.15, 0.2) is 0 Å². The van der Waals surface area contributed by atoms with Crippen LogP contribution < -0.4 is 10.5 Å². The maximum atomic E-state index is 13.3. The Balaban J connectivity index is 1.68. The van der Waals surface area contributed by atoms with Crippen molar-refractivity contribution in [1.29, 1.82) is 0 Å². The maximum absolute atomic E-state index is 13.3. The predicted molar refractivity (Wildman–Crippen MR) is 99.6 cm³/mol. The number of benzene rings is 1. The molecule has 1 aromatic carbocycles. The fourth-order valence-corrected chi connectivity index (χ4v) is 4.25. The maximum Gasteiger partial charge on any atom is 0.338 e. The van der Waals surface area contributed by atoms with Crippen molar-refractivity contribution in [1.82, 2.24) is 4.90 Å². The monoisotopic (exact) mass is 370 g/mol. The zero-order valence-corrected chi connectivity index (χ0v) is 15.2. The van der Waals surface area contributed by atoms with E-state index in [2.05, 4.69) is 0 Å². The Kier molecular flexibility index (Phi) is 4.59. The smallest absolute Gasteiger partial charge is 0.338 e. The minimum absolute atomic E-state index is 0.0716. The van der Waals surface area contributed by atoms with Crippen LogP contribution in [0, 0.1) is 0 Å². The number of hydrogen-bond donors (Lipinski definition) is 0. The van der Waals surface area contributed by atoms with Gasteiger partial charge in [-0.1, -0.05) is 12.1 Å². The highest BCUT2D eigenvalue weighted by Crippen LogP contribution is 2.33. The molecule has 2 atom stereocenters. The zero-order chi connectivity index (χ0) is 19.0. The first-order chi connectivity index (χ1) is 13.1. The van der Waals surface area contributed by atoms with Crippen molar-refractivity contribution in [3.8, 4) is 0 Å². The number of anilines is 1. The number of amides is 1. The van der Waals surface area contributed by atoms with Crippen LogP contribution in [0.25, 0.3) is 11.0 Å². The average Bonchev–Trinajstić information content (AvgIpc) is 3.35. The molecule has 7 nitrogen and oxygen atoms in total. The molecule has 2 saturated heterocycles. The number of likely N-dealkylation sites (tertiary alicyclic amines) is 1. The van der Waals surface area contributed by atoms with Crippen LogP contribution in [0.4, 0.5) is 5.69 Å². The highest BCUT2D eigenvalue weighted by Gasteiger charge is 2.41. The summed E-state index contributed by atoms with van der Waals surface area (Å²) in [6.07, 6.45) is 2.96. The fraction of sp³-hybridized carbons (Fsp3) is 0.450. The summed E-state index contributed by atoms with van der Waals surface area (Å²) in [6, 6.07) is 7.89. The quantitative estimate of drug-likeness (QED) is 0.607. The number of fused-ring (bicyclic) bond motifs is 1. The van der Waals surface area contributed by atoms with Gasteiger partial charge in [-0.2, -0.15) is 0 Å². The van der Waals surface area contributed by atoms with Crippen LogP contribution in [-0.4, -0.2) is 49.1 Å². The first kappa shape index (κ1) is 17.6. The topological polar surface area (TPSA) is 80.1 Å². The molecule has 2 aliphatic heterocycles. The van der Waals surface area contributed by atoms with Crippen molar-refractivity contribution >= 4 is 28.5 Å². The van der Waals surface area contributed by atoms with Gasteiger partial charge in [-0.3, -0.25) is 4.79 Å². The largest absolute Gasteiger partial charge is 0.467 e. The van der Waals surface area contributed by atoms with Gasteiger partial charge in [-0.05, 0) is 37.8 Å². The summed E-state index contributed by atoms with van der Waals surface area (Å²) in [7, 11) is 1.35. The highest BCUT2D eigenvalue weighted by atomic mass is 16.5. The van der Waals surface area contributed by atoms with E-state index in [-0.39, 0.29) is 17.9 Å². The molecule has 0 aliphatic carbocycles. The second-order valence-electron chi connectivity index (χ2n) is 7.01. The molecule has 4 rings (SSSR count). The zero-order valence-electron chi connectivity index (χ0n) is 15.2. The summed E-state index contributed by atoms with van der Waals surface area (Å²) in [5.41, 5.74) is 0.786. The van der Waals surface area contributed by atoms with Crippen LogP contribution >= 0.6 is 0 Å². The molecule has 7 heteroatoms.